The number of halogens is 1. The third kappa shape index (κ3) is 2.21. The fourth-order valence-electron chi connectivity index (χ4n) is 1.23. The van der Waals surface area contributed by atoms with Gasteiger partial charge in [-0.25, -0.2) is 0 Å². The van der Waals surface area contributed by atoms with E-state index in [2.05, 4.69) is 0 Å². The summed E-state index contributed by atoms with van der Waals surface area (Å²) in [5, 5.41) is 19.8. The normalized spacial score (nSPS) is 12.5. The average molecular weight is 214 g/mol. The summed E-state index contributed by atoms with van der Waals surface area (Å²) in [5.41, 5.74) is 5.00. The van der Waals surface area contributed by atoms with Crippen LogP contribution in [-0.4, -0.2) is 16.6 Å². The van der Waals surface area contributed by atoms with Gasteiger partial charge in [-0.15, -0.1) is 0 Å². The molecule has 0 aliphatic carbocycles. The van der Waals surface area contributed by atoms with Crippen molar-refractivity contribution in [1.82, 2.24) is 0 Å². The van der Waals surface area contributed by atoms with E-state index in [1.54, 1.807) is 6.92 Å². The zero-order chi connectivity index (χ0) is 11.6. The lowest BCUT2D eigenvalue weighted by atomic mass is 9.99. The quantitative estimate of drug-likeness (QED) is 0.589. The van der Waals surface area contributed by atoms with Crippen molar-refractivity contribution in [3.8, 4) is 5.75 Å². The van der Waals surface area contributed by atoms with E-state index in [1.165, 1.54) is 0 Å². The van der Waals surface area contributed by atoms with Crippen LogP contribution in [0.15, 0.2) is 12.1 Å². The highest BCUT2D eigenvalue weighted by molar-refractivity contribution is 5.46. The predicted molar refractivity (Wildman–Crippen MR) is 52.2 cm³/mol. The smallest absolute Gasteiger partial charge is 0.305 e. The van der Waals surface area contributed by atoms with Crippen molar-refractivity contribution in [3.05, 3.63) is 33.6 Å². The van der Waals surface area contributed by atoms with E-state index < -0.39 is 16.4 Å². The summed E-state index contributed by atoms with van der Waals surface area (Å²) in [6.45, 7) is 1.91. The molecule has 1 unspecified atom stereocenters. The van der Waals surface area contributed by atoms with Crippen molar-refractivity contribution in [1.29, 1.82) is 0 Å². The number of hydrogen-bond donors (Lipinski definition) is 2. The first-order chi connectivity index (χ1) is 6.97. The number of aromatic hydroxyl groups is 1. The number of hydrogen-bond acceptors (Lipinski definition) is 4. The predicted octanol–water partition coefficient (Wildman–Crippen LogP) is 1.50. The Kier molecular flexibility index (Phi) is 3.21. The largest absolute Gasteiger partial charge is 0.508 e. The lowest BCUT2D eigenvalue weighted by Crippen LogP contribution is -2.09. The highest BCUT2D eigenvalue weighted by Crippen LogP contribution is 2.31. The second kappa shape index (κ2) is 4.22. The van der Waals surface area contributed by atoms with Gasteiger partial charge in [-0.3, -0.25) is 10.1 Å². The topological polar surface area (TPSA) is 89.4 Å². The van der Waals surface area contributed by atoms with Crippen molar-refractivity contribution in [2.75, 3.05) is 6.54 Å². The molecule has 1 aromatic rings. The maximum Gasteiger partial charge on any atom is 0.305 e. The van der Waals surface area contributed by atoms with Gasteiger partial charge in [-0.1, -0.05) is 6.92 Å². The molecular formula is C9H11FN2O3. The standard InChI is InChI=1S/C9H11FN2O3/c1-5(4-11)6-2-8(12(14)15)7(10)3-9(6)13/h2-3,5,13H,4,11H2,1H3. The van der Waals surface area contributed by atoms with E-state index in [0.29, 0.717) is 0 Å². The van der Waals surface area contributed by atoms with Crippen LogP contribution in [-0.2, 0) is 0 Å². The number of phenols is 1. The molecule has 0 aliphatic heterocycles. The monoisotopic (exact) mass is 214 g/mol. The number of nitro groups is 1. The SMILES string of the molecule is CC(CN)c1cc([N+](=O)[O-])c(F)cc1O. The van der Waals surface area contributed by atoms with Gasteiger partial charge in [0.05, 0.1) is 4.92 Å². The fraction of sp³-hybridized carbons (Fsp3) is 0.333. The number of nitro benzene ring substituents is 1. The molecule has 1 rings (SSSR count). The summed E-state index contributed by atoms with van der Waals surface area (Å²) in [5.74, 6) is -1.62. The number of nitrogens with zero attached hydrogens (tertiary/aromatic N) is 1. The van der Waals surface area contributed by atoms with Gasteiger partial charge >= 0.3 is 5.69 Å². The molecule has 0 aromatic heterocycles. The van der Waals surface area contributed by atoms with Crippen molar-refractivity contribution >= 4 is 5.69 Å². The van der Waals surface area contributed by atoms with Gasteiger partial charge < -0.3 is 10.8 Å². The third-order valence-corrected chi connectivity index (χ3v) is 2.18. The molecule has 0 amide bonds. The minimum Gasteiger partial charge on any atom is -0.508 e. The van der Waals surface area contributed by atoms with Gasteiger partial charge in [-0.05, 0) is 12.5 Å². The molecule has 1 aromatic carbocycles. The number of benzene rings is 1. The molecule has 0 saturated carbocycles. The van der Waals surface area contributed by atoms with Crippen molar-refractivity contribution in [2.45, 2.75) is 12.8 Å². The molecule has 5 nitrogen and oxygen atoms in total. The van der Waals surface area contributed by atoms with E-state index in [1.807, 2.05) is 0 Å². The molecule has 0 radical (unpaired) electrons. The highest BCUT2D eigenvalue weighted by atomic mass is 19.1. The summed E-state index contributed by atoms with van der Waals surface area (Å²) >= 11 is 0. The van der Waals surface area contributed by atoms with Gasteiger partial charge in [-0.2, -0.15) is 4.39 Å². The Morgan fingerprint density at radius 3 is 2.73 bits per heavy atom. The third-order valence-electron chi connectivity index (χ3n) is 2.18. The molecule has 0 bridgehead atoms. The Labute approximate surface area is 85.5 Å². The first-order valence-corrected chi connectivity index (χ1v) is 4.34. The molecule has 6 heteroatoms. The van der Waals surface area contributed by atoms with Crippen LogP contribution in [0.25, 0.3) is 0 Å². The van der Waals surface area contributed by atoms with Crippen LogP contribution in [0.4, 0.5) is 10.1 Å². The second-order valence-corrected chi connectivity index (χ2v) is 3.26. The van der Waals surface area contributed by atoms with Gasteiger partial charge in [0.2, 0.25) is 5.82 Å². The van der Waals surface area contributed by atoms with Crippen molar-refractivity contribution in [3.63, 3.8) is 0 Å². The highest BCUT2D eigenvalue weighted by Gasteiger charge is 2.20. The molecule has 1 atom stereocenters. The Balaban J connectivity index is 3.29. The van der Waals surface area contributed by atoms with E-state index >= 15 is 0 Å². The summed E-state index contributed by atoms with van der Waals surface area (Å²) in [6.07, 6.45) is 0. The van der Waals surface area contributed by atoms with Gasteiger partial charge in [0.25, 0.3) is 0 Å². The lowest BCUT2D eigenvalue weighted by molar-refractivity contribution is -0.387. The maximum atomic E-state index is 13.0. The van der Waals surface area contributed by atoms with Crippen LogP contribution in [0, 0.1) is 15.9 Å². The lowest BCUT2D eigenvalue weighted by Gasteiger charge is -2.10. The molecule has 0 spiro atoms. The summed E-state index contributed by atoms with van der Waals surface area (Å²) in [6, 6.07) is 1.75. The first kappa shape index (κ1) is 11.4. The number of rotatable bonds is 3. The molecule has 0 saturated heterocycles. The average Bonchev–Trinajstić information content (AvgIpc) is 2.16. The molecule has 82 valence electrons. The number of phenolic OH excluding ortho intramolecular Hbond substituents is 1. The van der Waals surface area contributed by atoms with Gasteiger partial charge in [0.15, 0.2) is 0 Å². The Hall–Kier alpha value is -1.69. The zero-order valence-electron chi connectivity index (χ0n) is 8.11. The van der Waals surface area contributed by atoms with Crippen molar-refractivity contribution < 1.29 is 14.4 Å². The van der Waals surface area contributed by atoms with E-state index in [4.69, 9.17) is 5.73 Å². The second-order valence-electron chi connectivity index (χ2n) is 3.26. The van der Waals surface area contributed by atoms with Crippen LogP contribution < -0.4 is 5.73 Å². The number of nitrogens with two attached hydrogens (primary N) is 1. The molecule has 15 heavy (non-hydrogen) atoms. The molecule has 0 aliphatic rings. The minimum absolute atomic E-state index is 0.219. The van der Waals surface area contributed by atoms with E-state index in [9.17, 15) is 19.6 Å². The van der Waals surface area contributed by atoms with E-state index in [0.717, 1.165) is 12.1 Å². The minimum atomic E-state index is -1.05. The van der Waals surface area contributed by atoms with Crippen LogP contribution >= 0.6 is 0 Å². The van der Waals surface area contributed by atoms with Crippen LogP contribution in [0.5, 0.6) is 5.75 Å². The van der Waals surface area contributed by atoms with Gasteiger partial charge in [0.1, 0.15) is 5.75 Å². The van der Waals surface area contributed by atoms with Crippen LogP contribution in [0.2, 0.25) is 0 Å². The van der Waals surface area contributed by atoms with Crippen LogP contribution in [0.3, 0.4) is 0 Å². The van der Waals surface area contributed by atoms with Crippen molar-refractivity contribution in [2.24, 2.45) is 5.73 Å². The zero-order valence-corrected chi connectivity index (χ0v) is 8.11. The summed E-state index contributed by atoms with van der Waals surface area (Å²) in [7, 11) is 0. The Bertz CT molecular complexity index is 395. The Morgan fingerprint density at radius 2 is 2.27 bits per heavy atom. The summed E-state index contributed by atoms with van der Waals surface area (Å²) in [4.78, 5) is 9.62. The van der Waals surface area contributed by atoms with E-state index in [-0.39, 0.29) is 23.8 Å². The molecule has 3 N–H and O–H groups in total. The molecule has 0 fully saturated rings. The van der Waals surface area contributed by atoms with Gasteiger partial charge in [0, 0.05) is 17.7 Å². The fourth-order valence-corrected chi connectivity index (χ4v) is 1.23. The van der Waals surface area contributed by atoms with Crippen LogP contribution in [0.1, 0.15) is 18.4 Å². The first-order valence-electron chi connectivity index (χ1n) is 4.34. The maximum absolute atomic E-state index is 13.0. The molecular weight excluding hydrogens is 203 g/mol. The summed E-state index contributed by atoms with van der Waals surface area (Å²) < 4.78 is 13.0. The Morgan fingerprint density at radius 1 is 1.67 bits per heavy atom. The molecule has 0 heterocycles.